The zero-order valence-electron chi connectivity index (χ0n) is 13.0. The van der Waals surface area contributed by atoms with Crippen LogP contribution < -0.4 is 10.1 Å². The van der Waals surface area contributed by atoms with Crippen LogP contribution in [-0.2, 0) is 4.79 Å². The first-order chi connectivity index (χ1) is 9.79. The molecule has 3 amide bonds. The third-order valence-corrected chi connectivity index (χ3v) is 3.43. The molecule has 0 aliphatic carbocycles. The molecule has 1 N–H and O–H groups in total. The Kier molecular flexibility index (Phi) is 4.21. The first-order valence-electron chi connectivity index (χ1n) is 7.15. The topological polar surface area (TPSA) is 58.6 Å². The van der Waals surface area contributed by atoms with Crippen molar-refractivity contribution in [2.75, 3.05) is 13.2 Å². The van der Waals surface area contributed by atoms with E-state index >= 15 is 0 Å². The lowest BCUT2D eigenvalue weighted by Gasteiger charge is -2.16. The first-order valence-corrected chi connectivity index (χ1v) is 7.15. The number of urea groups is 1. The van der Waals surface area contributed by atoms with Gasteiger partial charge in [-0.25, -0.2) is 4.79 Å². The summed E-state index contributed by atoms with van der Waals surface area (Å²) in [6, 6.07) is 5.71. The summed E-state index contributed by atoms with van der Waals surface area (Å²) in [5.41, 5.74) is 1.51. The second-order valence-corrected chi connectivity index (χ2v) is 6.04. The van der Waals surface area contributed by atoms with Gasteiger partial charge in [0.1, 0.15) is 11.3 Å². The SMILES string of the molecule is Cc1cc(C)cc(OCCCN2C(=O)NC(C)(C)C2=O)c1. The van der Waals surface area contributed by atoms with Crippen LogP contribution >= 0.6 is 0 Å². The van der Waals surface area contributed by atoms with Crippen LogP contribution in [-0.4, -0.2) is 35.5 Å². The van der Waals surface area contributed by atoms with Crippen LogP contribution in [0.2, 0.25) is 0 Å². The first kappa shape index (κ1) is 15.4. The Morgan fingerprint density at radius 3 is 2.29 bits per heavy atom. The van der Waals surface area contributed by atoms with Crippen molar-refractivity contribution >= 4 is 11.9 Å². The average molecular weight is 290 g/mol. The molecule has 1 heterocycles. The molecule has 114 valence electrons. The van der Waals surface area contributed by atoms with Crippen molar-refractivity contribution in [3.8, 4) is 5.75 Å². The number of carbonyl (C=O) groups is 2. The number of aryl methyl sites for hydroxylation is 2. The Morgan fingerprint density at radius 2 is 1.76 bits per heavy atom. The van der Waals surface area contributed by atoms with Crippen molar-refractivity contribution in [2.24, 2.45) is 0 Å². The summed E-state index contributed by atoms with van der Waals surface area (Å²) < 4.78 is 5.68. The van der Waals surface area contributed by atoms with E-state index in [1.165, 1.54) is 4.90 Å². The van der Waals surface area contributed by atoms with Gasteiger partial charge in [0.2, 0.25) is 0 Å². The summed E-state index contributed by atoms with van der Waals surface area (Å²) in [4.78, 5) is 25.0. The zero-order chi connectivity index (χ0) is 15.6. The van der Waals surface area contributed by atoms with Gasteiger partial charge in [-0.3, -0.25) is 9.69 Å². The van der Waals surface area contributed by atoms with Crippen molar-refractivity contribution in [2.45, 2.75) is 39.7 Å². The van der Waals surface area contributed by atoms with Gasteiger partial charge in [0.15, 0.2) is 0 Å². The molecule has 0 spiro atoms. The molecule has 21 heavy (non-hydrogen) atoms. The van der Waals surface area contributed by atoms with E-state index in [1.807, 2.05) is 26.0 Å². The molecule has 0 radical (unpaired) electrons. The fraction of sp³-hybridized carbons (Fsp3) is 0.500. The van der Waals surface area contributed by atoms with E-state index in [0.29, 0.717) is 19.6 Å². The molecule has 0 bridgehead atoms. The number of nitrogens with zero attached hydrogens (tertiary/aromatic N) is 1. The molecule has 1 aromatic rings. The second kappa shape index (κ2) is 5.76. The van der Waals surface area contributed by atoms with E-state index < -0.39 is 5.54 Å². The summed E-state index contributed by atoms with van der Waals surface area (Å²) in [6.07, 6.45) is 0.613. The largest absolute Gasteiger partial charge is 0.494 e. The van der Waals surface area contributed by atoms with Gasteiger partial charge in [0.05, 0.1) is 6.61 Å². The second-order valence-electron chi connectivity index (χ2n) is 6.04. The van der Waals surface area contributed by atoms with Crippen LogP contribution in [0.5, 0.6) is 5.75 Å². The van der Waals surface area contributed by atoms with Crippen LogP contribution in [0.15, 0.2) is 18.2 Å². The molecule has 1 aliphatic heterocycles. The molecule has 0 unspecified atom stereocenters. The monoisotopic (exact) mass is 290 g/mol. The van der Waals surface area contributed by atoms with E-state index in [0.717, 1.165) is 16.9 Å². The average Bonchev–Trinajstić information content (AvgIpc) is 2.54. The van der Waals surface area contributed by atoms with Gasteiger partial charge in [-0.1, -0.05) is 6.07 Å². The Balaban J connectivity index is 1.82. The normalized spacial score (nSPS) is 17.0. The highest BCUT2D eigenvalue weighted by atomic mass is 16.5. The fourth-order valence-electron chi connectivity index (χ4n) is 2.45. The van der Waals surface area contributed by atoms with E-state index in [1.54, 1.807) is 13.8 Å². The van der Waals surface area contributed by atoms with Gasteiger partial charge in [-0.05, 0) is 57.4 Å². The lowest BCUT2D eigenvalue weighted by atomic mass is 10.1. The van der Waals surface area contributed by atoms with E-state index in [-0.39, 0.29) is 11.9 Å². The van der Waals surface area contributed by atoms with Gasteiger partial charge in [-0.2, -0.15) is 0 Å². The minimum absolute atomic E-state index is 0.182. The molecule has 1 aliphatic rings. The van der Waals surface area contributed by atoms with Crippen LogP contribution in [0, 0.1) is 13.8 Å². The van der Waals surface area contributed by atoms with E-state index in [9.17, 15) is 9.59 Å². The molecule has 1 saturated heterocycles. The van der Waals surface area contributed by atoms with Gasteiger partial charge >= 0.3 is 6.03 Å². The lowest BCUT2D eigenvalue weighted by Crippen LogP contribution is -2.40. The Bertz CT molecular complexity index is 546. The minimum Gasteiger partial charge on any atom is -0.494 e. The molecule has 1 aromatic carbocycles. The molecule has 1 fully saturated rings. The zero-order valence-corrected chi connectivity index (χ0v) is 13.0. The molecule has 0 saturated carbocycles. The minimum atomic E-state index is -0.800. The third kappa shape index (κ3) is 3.54. The summed E-state index contributed by atoms with van der Waals surface area (Å²) in [5.74, 6) is 0.643. The van der Waals surface area contributed by atoms with Gasteiger partial charge < -0.3 is 10.1 Å². The number of hydrogen-bond acceptors (Lipinski definition) is 3. The number of rotatable bonds is 5. The fourth-order valence-corrected chi connectivity index (χ4v) is 2.45. The highest BCUT2D eigenvalue weighted by Gasteiger charge is 2.43. The Labute approximate surface area is 125 Å². The van der Waals surface area contributed by atoms with Crippen LogP contribution in [0.3, 0.4) is 0 Å². The summed E-state index contributed by atoms with van der Waals surface area (Å²) in [7, 11) is 0. The molecular weight excluding hydrogens is 268 g/mol. The number of ether oxygens (including phenoxy) is 1. The van der Waals surface area contributed by atoms with Crippen LogP contribution in [0.1, 0.15) is 31.4 Å². The smallest absolute Gasteiger partial charge is 0.325 e. The van der Waals surface area contributed by atoms with E-state index in [4.69, 9.17) is 4.74 Å². The molecule has 2 rings (SSSR count). The number of amides is 3. The van der Waals surface area contributed by atoms with E-state index in [2.05, 4.69) is 11.4 Å². The van der Waals surface area contributed by atoms with Gasteiger partial charge in [0, 0.05) is 6.54 Å². The maximum absolute atomic E-state index is 12.0. The van der Waals surface area contributed by atoms with Crippen molar-refractivity contribution < 1.29 is 14.3 Å². The van der Waals surface area contributed by atoms with Gasteiger partial charge in [0.25, 0.3) is 5.91 Å². The maximum atomic E-state index is 12.0. The molecule has 5 heteroatoms. The number of carbonyl (C=O) groups excluding carboxylic acids is 2. The Morgan fingerprint density at radius 1 is 1.14 bits per heavy atom. The van der Waals surface area contributed by atoms with Crippen LogP contribution in [0.25, 0.3) is 0 Å². The molecular formula is C16H22N2O3. The molecule has 0 aromatic heterocycles. The van der Waals surface area contributed by atoms with Crippen molar-refractivity contribution in [3.63, 3.8) is 0 Å². The summed E-state index contributed by atoms with van der Waals surface area (Å²) >= 11 is 0. The van der Waals surface area contributed by atoms with Crippen molar-refractivity contribution in [3.05, 3.63) is 29.3 Å². The number of hydrogen-bond donors (Lipinski definition) is 1. The van der Waals surface area contributed by atoms with Crippen molar-refractivity contribution in [1.82, 2.24) is 10.2 Å². The molecule has 0 atom stereocenters. The maximum Gasteiger partial charge on any atom is 0.325 e. The number of nitrogens with one attached hydrogen (secondary N) is 1. The third-order valence-electron chi connectivity index (χ3n) is 3.43. The predicted molar refractivity (Wildman–Crippen MR) is 80.4 cm³/mol. The highest BCUT2D eigenvalue weighted by molar-refractivity contribution is 6.06. The highest BCUT2D eigenvalue weighted by Crippen LogP contribution is 2.18. The lowest BCUT2D eigenvalue weighted by molar-refractivity contribution is -0.130. The predicted octanol–water partition coefficient (Wildman–Crippen LogP) is 2.40. The molecule has 5 nitrogen and oxygen atoms in total. The van der Waals surface area contributed by atoms with Crippen LogP contribution in [0.4, 0.5) is 4.79 Å². The van der Waals surface area contributed by atoms with Gasteiger partial charge in [-0.15, -0.1) is 0 Å². The summed E-state index contributed by atoms with van der Waals surface area (Å²) in [5, 5.41) is 2.66. The number of benzene rings is 1. The van der Waals surface area contributed by atoms with Crippen molar-refractivity contribution in [1.29, 1.82) is 0 Å². The number of imide groups is 1. The quantitative estimate of drug-likeness (QED) is 0.669. The Hall–Kier alpha value is -2.04. The standard InChI is InChI=1S/C16H22N2O3/c1-11-8-12(2)10-13(9-11)21-7-5-6-18-14(19)16(3,4)17-15(18)20/h8-10H,5-7H2,1-4H3,(H,17,20). The summed E-state index contributed by atoms with van der Waals surface area (Å²) in [6.45, 7) is 8.31.